The van der Waals surface area contributed by atoms with Crippen molar-refractivity contribution in [3.8, 4) is 0 Å². The summed E-state index contributed by atoms with van der Waals surface area (Å²) in [5.41, 5.74) is 0.666. The molecular weight excluding hydrogens is 332 g/mol. The van der Waals surface area contributed by atoms with Gasteiger partial charge in [0.15, 0.2) is 6.04 Å². The van der Waals surface area contributed by atoms with E-state index >= 15 is 0 Å². The first kappa shape index (κ1) is 14.7. The fourth-order valence-electron chi connectivity index (χ4n) is 3.35. The molecule has 2 amide bonds. The Hall–Kier alpha value is -1.20. The third kappa shape index (κ3) is 3.19. The molecule has 2 aliphatic rings. The second-order valence-corrected chi connectivity index (χ2v) is 6.86. The highest BCUT2D eigenvalue weighted by atomic mass is 79.9. The van der Waals surface area contributed by atoms with Crippen molar-refractivity contribution in [3.05, 3.63) is 28.7 Å². The average molecular weight is 352 g/mol. The molecule has 0 aromatic heterocycles. The molecule has 0 bridgehead atoms. The summed E-state index contributed by atoms with van der Waals surface area (Å²) in [4.78, 5) is 26.1. The van der Waals surface area contributed by atoms with E-state index in [0.29, 0.717) is 18.2 Å². The molecular formula is C16H20BrN2O2+. The first-order valence-corrected chi connectivity index (χ1v) is 8.42. The molecule has 1 atom stereocenters. The maximum absolute atomic E-state index is 12.6. The lowest BCUT2D eigenvalue weighted by atomic mass is 9.95. The van der Waals surface area contributed by atoms with Gasteiger partial charge in [-0.15, -0.1) is 0 Å². The number of rotatable bonds is 3. The number of benzene rings is 1. The van der Waals surface area contributed by atoms with Crippen LogP contribution in [0, 0.1) is 0 Å². The largest absolute Gasteiger partial charge is 0.333 e. The number of carbonyl (C=O) groups is 2. The van der Waals surface area contributed by atoms with E-state index in [-0.39, 0.29) is 17.9 Å². The van der Waals surface area contributed by atoms with Gasteiger partial charge in [-0.3, -0.25) is 9.59 Å². The topological polar surface area (TPSA) is 54.0 Å². The molecule has 0 unspecified atom stereocenters. The van der Waals surface area contributed by atoms with Crippen molar-refractivity contribution in [2.75, 3.05) is 4.90 Å². The summed E-state index contributed by atoms with van der Waals surface area (Å²) < 4.78 is 0.875. The van der Waals surface area contributed by atoms with Gasteiger partial charge < -0.3 is 5.32 Å². The molecule has 1 aliphatic heterocycles. The first-order chi connectivity index (χ1) is 10.1. The number of anilines is 1. The van der Waals surface area contributed by atoms with E-state index in [4.69, 9.17) is 0 Å². The van der Waals surface area contributed by atoms with E-state index in [9.17, 15) is 9.59 Å². The highest BCUT2D eigenvalue weighted by Gasteiger charge is 2.43. The van der Waals surface area contributed by atoms with Gasteiger partial charge in [-0.1, -0.05) is 28.4 Å². The zero-order chi connectivity index (χ0) is 14.8. The maximum Gasteiger partial charge on any atom is 0.292 e. The predicted octanol–water partition coefficient (Wildman–Crippen LogP) is 1.98. The van der Waals surface area contributed by atoms with Gasteiger partial charge in [0.1, 0.15) is 0 Å². The summed E-state index contributed by atoms with van der Waals surface area (Å²) in [6.45, 7) is 0. The summed E-state index contributed by atoms with van der Waals surface area (Å²) in [7, 11) is 0. The van der Waals surface area contributed by atoms with Crippen LogP contribution >= 0.6 is 15.9 Å². The Labute approximate surface area is 133 Å². The zero-order valence-electron chi connectivity index (χ0n) is 11.9. The molecule has 3 rings (SSSR count). The van der Waals surface area contributed by atoms with Gasteiger partial charge in [0.05, 0.1) is 18.2 Å². The minimum Gasteiger partial charge on any atom is -0.333 e. The second-order valence-electron chi connectivity index (χ2n) is 5.95. The number of quaternary nitrogens is 1. The molecule has 5 heteroatoms. The Bertz CT molecular complexity index is 555. The van der Waals surface area contributed by atoms with Crippen molar-refractivity contribution in [1.29, 1.82) is 0 Å². The quantitative estimate of drug-likeness (QED) is 0.846. The molecule has 4 nitrogen and oxygen atoms in total. The molecule has 1 saturated carbocycles. The number of hydrogen-bond acceptors (Lipinski definition) is 2. The van der Waals surface area contributed by atoms with Gasteiger partial charge in [-0.2, -0.15) is 0 Å². The average Bonchev–Trinajstić information content (AvgIpc) is 2.74. The van der Waals surface area contributed by atoms with Crippen LogP contribution in [0.1, 0.15) is 38.5 Å². The molecule has 1 aromatic carbocycles. The highest BCUT2D eigenvalue weighted by molar-refractivity contribution is 9.10. The third-order valence-electron chi connectivity index (χ3n) is 4.40. The number of hydrogen-bond donors (Lipinski definition) is 1. The van der Waals surface area contributed by atoms with Crippen LogP contribution in [0.25, 0.3) is 0 Å². The maximum atomic E-state index is 12.6. The zero-order valence-corrected chi connectivity index (χ0v) is 13.5. The van der Waals surface area contributed by atoms with Gasteiger partial charge in [-0.05, 0) is 43.9 Å². The van der Waals surface area contributed by atoms with Crippen LogP contribution in [0.2, 0.25) is 0 Å². The Balaban J connectivity index is 1.72. The first-order valence-electron chi connectivity index (χ1n) is 7.62. The van der Waals surface area contributed by atoms with E-state index in [0.717, 1.165) is 17.3 Å². The fourth-order valence-corrected chi connectivity index (χ4v) is 3.73. The van der Waals surface area contributed by atoms with Gasteiger partial charge in [0.25, 0.3) is 5.91 Å². The Morgan fingerprint density at radius 2 is 1.90 bits per heavy atom. The molecule has 0 spiro atoms. The number of halogens is 1. The molecule has 1 aromatic rings. The van der Waals surface area contributed by atoms with Crippen molar-refractivity contribution in [2.24, 2.45) is 0 Å². The lowest BCUT2D eigenvalue weighted by Gasteiger charge is -2.22. The molecule has 21 heavy (non-hydrogen) atoms. The van der Waals surface area contributed by atoms with Crippen LogP contribution in [0.4, 0.5) is 5.69 Å². The molecule has 1 aliphatic carbocycles. The number of imide groups is 1. The highest BCUT2D eigenvalue weighted by Crippen LogP contribution is 2.25. The summed E-state index contributed by atoms with van der Waals surface area (Å²) in [5, 5.41) is 2.14. The van der Waals surface area contributed by atoms with Crippen LogP contribution in [0.3, 0.4) is 0 Å². The van der Waals surface area contributed by atoms with Crippen molar-refractivity contribution in [3.63, 3.8) is 0 Å². The minimum atomic E-state index is -0.236. The van der Waals surface area contributed by atoms with Crippen molar-refractivity contribution >= 4 is 33.4 Å². The molecule has 1 heterocycles. The number of nitrogens with two attached hydrogens (primary N) is 1. The minimum absolute atomic E-state index is 0.0660. The smallest absolute Gasteiger partial charge is 0.292 e. The van der Waals surface area contributed by atoms with E-state index in [1.54, 1.807) is 0 Å². The van der Waals surface area contributed by atoms with Crippen LogP contribution < -0.4 is 10.2 Å². The SMILES string of the molecule is O=C1C[C@@H]([NH2+]C2CCCCC2)C(=O)N1c1cccc(Br)c1. The molecule has 0 radical (unpaired) electrons. The van der Waals surface area contributed by atoms with Crippen molar-refractivity contribution in [2.45, 2.75) is 50.6 Å². The predicted molar refractivity (Wildman–Crippen MR) is 83.8 cm³/mol. The van der Waals surface area contributed by atoms with Crippen molar-refractivity contribution in [1.82, 2.24) is 0 Å². The number of carbonyl (C=O) groups excluding carboxylic acids is 2. The van der Waals surface area contributed by atoms with Gasteiger partial charge in [0, 0.05) is 4.47 Å². The van der Waals surface area contributed by atoms with Crippen LogP contribution in [0.15, 0.2) is 28.7 Å². The Kier molecular flexibility index (Phi) is 4.40. The van der Waals surface area contributed by atoms with E-state index in [2.05, 4.69) is 21.2 Å². The van der Waals surface area contributed by atoms with Crippen LogP contribution in [-0.2, 0) is 9.59 Å². The van der Waals surface area contributed by atoms with E-state index < -0.39 is 0 Å². The molecule has 1 saturated heterocycles. The normalized spacial score (nSPS) is 23.9. The summed E-state index contributed by atoms with van der Waals surface area (Å²) in [6, 6.07) is 7.63. The summed E-state index contributed by atoms with van der Waals surface area (Å²) in [5.74, 6) is -0.154. The third-order valence-corrected chi connectivity index (χ3v) is 4.90. The van der Waals surface area contributed by atoms with Crippen LogP contribution in [-0.4, -0.2) is 23.9 Å². The van der Waals surface area contributed by atoms with E-state index in [1.807, 2.05) is 24.3 Å². The molecule has 2 N–H and O–H groups in total. The number of nitrogens with zero attached hydrogens (tertiary/aromatic N) is 1. The molecule has 2 fully saturated rings. The lowest BCUT2D eigenvalue weighted by molar-refractivity contribution is -0.710. The summed E-state index contributed by atoms with van der Waals surface area (Å²) >= 11 is 3.39. The van der Waals surface area contributed by atoms with Gasteiger partial charge in [-0.25, -0.2) is 4.90 Å². The summed E-state index contributed by atoms with van der Waals surface area (Å²) in [6.07, 6.45) is 6.42. The lowest BCUT2D eigenvalue weighted by Crippen LogP contribution is -2.96. The molecule has 112 valence electrons. The van der Waals surface area contributed by atoms with Crippen molar-refractivity contribution < 1.29 is 14.9 Å². The number of amides is 2. The second kappa shape index (κ2) is 6.28. The monoisotopic (exact) mass is 351 g/mol. The van der Waals surface area contributed by atoms with Crippen LogP contribution in [0.5, 0.6) is 0 Å². The Morgan fingerprint density at radius 1 is 1.14 bits per heavy atom. The fraction of sp³-hybridized carbons (Fsp3) is 0.500. The standard InChI is InChI=1S/C16H19BrN2O2/c17-11-5-4-8-13(9-11)19-15(20)10-14(16(19)21)18-12-6-2-1-3-7-12/h4-5,8-9,12,14,18H,1-3,6-7,10H2/p+1/t14-/m1/s1. The van der Waals surface area contributed by atoms with Gasteiger partial charge >= 0.3 is 0 Å². The van der Waals surface area contributed by atoms with Gasteiger partial charge in [0.2, 0.25) is 5.91 Å². The van der Waals surface area contributed by atoms with E-state index in [1.165, 1.54) is 24.2 Å². The Morgan fingerprint density at radius 3 is 2.62 bits per heavy atom.